The van der Waals surface area contributed by atoms with Gasteiger partial charge in [0, 0.05) is 25.7 Å². The SMILES string of the molecule is Cc1cccc(OCC(CO)C2CCOC2)c1. The lowest BCUT2D eigenvalue weighted by molar-refractivity contribution is 0.102. The van der Waals surface area contributed by atoms with Crippen LogP contribution in [-0.2, 0) is 4.74 Å². The summed E-state index contributed by atoms with van der Waals surface area (Å²) < 4.78 is 11.1. The first-order valence-corrected chi connectivity index (χ1v) is 6.17. The fourth-order valence-corrected chi connectivity index (χ4v) is 2.17. The summed E-state index contributed by atoms with van der Waals surface area (Å²) in [6.07, 6.45) is 1.03. The van der Waals surface area contributed by atoms with Gasteiger partial charge in [0.15, 0.2) is 0 Å². The van der Waals surface area contributed by atoms with Crippen molar-refractivity contribution in [3.63, 3.8) is 0 Å². The zero-order valence-corrected chi connectivity index (χ0v) is 10.3. The summed E-state index contributed by atoms with van der Waals surface area (Å²) >= 11 is 0. The van der Waals surface area contributed by atoms with Crippen LogP contribution in [0.15, 0.2) is 24.3 Å². The molecule has 1 heterocycles. The van der Waals surface area contributed by atoms with E-state index in [1.807, 2.05) is 31.2 Å². The third kappa shape index (κ3) is 3.45. The van der Waals surface area contributed by atoms with E-state index < -0.39 is 0 Å². The van der Waals surface area contributed by atoms with Crippen LogP contribution in [0.3, 0.4) is 0 Å². The number of aliphatic hydroxyl groups excluding tert-OH is 1. The number of rotatable bonds is 5. The molecule has 1 N–H and O–H groups in total. The van der Waals surface area contributed by atoms with Crippen LogP contribution >= 0.6 is 0 Å². The third-order valence-electron chi connectivity index (χ3n) is 3.32. The fraction of sp³-hybridized carbons (Fsp3) is 0.571. The van der Waals surface area contributed by atoms with E-state index in [9.17, 15) is 5.11 Å². The van der Waals surface area contributed by atoms with E-state index in [2.05, 4.69) is 0 Å². The molecule has 0 amide bonds. The lowest BCUT2D eigenvalue weighted by atomic mass is 9.93. The van der Waals surface area contributed by atoms with Crippen LogP contribution in [0.1, 0.15) is 12.0 Å². The van der Waals surface area contributed by atoms with Gasteiger partial charge >= 0.3 is 0 Å². The molecule has 3 nitrogen and oxygen atoms in total. The Hall–Kier alpha value is -1.06. The predicted molar refractivity (Wildman–Crippen MR) is 66.2 cm³/mol. The number of hydrogen-bond acceptors (Lipinski definition) is 3. The smallest absolute Gasteiger partial charge is 0.119 e. The van der Waals surface area contributed by atoms with Gasteiger partial charge in [-0.15, -0.1) is 0 Å². The molecule has 1 aromatic carbocycles. The summed E-state index contributed by atoms with van der Waals surface area (Å²) in [4.78, 5) is 0. The van der Waals surface area contributed by atoms with Crippen LogP contribution in [0.2, 0.25) is 0 Å². The summed E-state index contributed by atoms with van der Waals surface area (Å²) in [6, 6.07) is 7.99. The molecule has 1 aliphatic rings. The molecule has 0 radical (unpaired) electrons. The molecule has 0 bridgehead atoms. The zero-order chi connectivity index (χ0) is 12.1. The van der Waals surface area contributed by atoms with E-state index in [0.717, 1.165) is 25.4 Å². The maximum Gasteiger partial charge on any atom is 0.119 e. The second-order valence-electron chi connectivity index (χ2n) is 4.69. The van der Waals surface area contributed by atoms with Crippen molar-refractivity contribution >= 4 is 0 Å². The summed E-state index contributed by atoms with van der Waals surface area (Å²) in [7, 11) is 0. The number of ether oxygens (including phenoxy) is 2. The lowest BCUT2D eigenvalue weighted by Gasteiger charge is -2.20. The van der Waals surface area contributed by atoms with Crippen molar-refractivity contribution in [3.05, 3.63) is 29.8 Å². The molecule has 0 aliphatic carbocycles. The molecule has 1 saturated heterocycles. The first-order chi connectivity index (χ1) is 8.29. The molecule has 2 unspecified atom stereocenters. The van der Waals surface area contributed by atoms with E-state index in [1.165, 1.54) is 5.56 Å². The van der Waals surface area contributed by atoms with Crippen molar-refractivity contribution < 1.29 is 14.6 Å². The number of hydrogen-bond donors (Lipinski definition) is 1. The second kappa shape index (κ2) is 6.03. The van der Waals surface area contributed by atoms with Crippen LogP contribution in [0.25, 0.3) is 0 Å². The Labute approximate surface area is 102 Å². The van der Waals surface area contributed by atoms with Gasteiger partial charge in [0.25, 0.3) is 0 Å². The summed E-state index contributed by atoms with van der Waals surface area (Å²) in [5.74, 6) is 1.49. The van der Waals surface area contributed by atoms with Crippen molar-refractivity contribution in [2.45, 2.75) is 13.3 Å². The highest BCUT2D eigenvalue weighted by Gasteiger charge is 2.25. The van der Waals surface area contributed by atoms with Gasteiger partial charge in [-0.25, -0.2) is 0 Å². The second-order valence-corrected chi connectivity index (χ2v) is 4.69. The lowest BCUT2D eigenvalue weighted by Crippen LogP contribution is -2.25. The summed E-state index contributed by atoms with van der Waals surface area (Å²) in [6.45, 7) is 4.34. The van der Waals surface area contributed by atoms with Crippen LogP contribution < -0.4 is 4.74 Å². The van der Waals surface area contributed by atoms with Crippen LogP contribution in [-0.4, -0.2) is 31.5 Å². The number of aliphatic hydroxyl groups is 1. The maximum atomic E-state index is 9.38. The molecular weight excluding hydrogens is 216 g/mol. The maximum absolute atomic E-state index is 9.38. The zero-order valence-electron chi connectivity index (χ0n) is 10.3. The fourth-order valence-electron chi connectivity index (χ4n) is 2.17. The quantitative estimate of drug-likeness (QED) is 0.850. The molecule has 0 spiro atoms. The third-order valence-corrected chi connectivity index (χ3v) is 3.32. The van der Waals surface area contributed by atoms with Gasteiger partial charge in [-0.05, 0) is 37.0 Å². The van der Waals surface area contributed by atoms with Crippen molar-refractivity contribution in [2.75, 3.05) is 26.4 Å². The van der Waals surface area contributed by atoms with Gasteiger partial charge in [-0.3, -0.25) is 0 Å². The Balaban J connectivity index is 1.87. The van der Waals surface area contributed by atoms with E-state index in [0.29, 0.717) is 12.5 Å². The van der Waals surface area contributed by atoms with Gasteiger partial charge in [0.2, 0.25) is 0 Å². The average molecular weight is 236 g/mol. The number of aryl methyl sites for hydroxylation is 1. The average Bonchev–Trinajstić information content (AvgIpc) is 2.84. The Morgan fingerprint density at radius 3 is 3.06 bits per heavy atom. The Kier molecular flexibility index (Phi) is 4.40. The van der Waals surface area contributed by atoms with E-state index in [4.69, 9.17) is 9.47 Å². The minimum absolute atomic E-state index is 0.167. The molecule has 0 saturated carbocycles. The van der Waals surface area contributed by atoms with Crippen molar-refractivity contribution in [2.24, 2.45) is 11.8 Å². The van der Waals surface area contributed by atoms with Gasteiger partial charge in [0.1, 0.15) is 5.75 Å². The molecule has 2 rings (SSSR count). The molecule has 1 aliphatic heterocycles. The summed E-state index contributed by atoms with van der Waals surface area (Å²) in [5, 5.41) is 9.38. The standard InChI is InChI=1S/C14H20O3/c1-11-3-2-4-14(7-11)17-10-13(8-15)12-5-6-16-9-12/h2-4,7,12-13,15H,5-6,8-10H2,1H3. The van der Waals surface area contributed by atoms with Gasteiger partial charge in [-0.1, -0.05) is 12.1 Å². The highest BCUT2D eigenvalue weighted by Crippen LogP contribution is 2.23. The van der Waals surface area contributed by atoms with Gasteiger partial charge in [0.05, 0.1) is 6.61 Å². The van der Waals surface area contributed by atoms with Crippen molar-refractivity contribution in [3.8, 4) is 5.75 Å². The first-order valence-electron chi connectivity index (χ1n) is 6.17. The first kappa shape index (κ1) is 12.4. The van der Waals surface area contributed by atoms with E-state index >= 15 is 0 Å². The van der Waals surface area contributed by atoms with Crippen LogP contribution in [0.5, 0.6) is 5.75 Å². The molecular formula is C14H20O3. The van der Waals surface area contributed by atoms with Gasteiger partial charge in [-0.2, -0.15) is 0 Å². The number of benzene rings is 1. The topological polar surface area (TPSA) is 38.7 Å². The van der Waals surface area contributed by atoms with E-state index in [1.54, 1.807) is 0 Å². The Morgan fingerprint density at radius 2 is 2.41 bits per heavy atom. The Bertz CT molecular complexity index is 345. The molecule has 17 heavy (non-hydrogen) atoms. The van der Waals surface area contributed by atoms with Crippen molar-refractivity contribution in [1.29, 1.82) is 0 Å². The minimum atomic E-state index is 0.167. The van der Waals surface area contributed by atoms with Gasteiger partial charge < -0.3 is 14.6 Å². The molecule has 94 valence electrons. The molecule has 3 heteroatoms. The normalized spacial score (nSPS) is 21.4. The molecule has 1 aromatic rings. The highest BCUT2D eigenvalue weighted by molar-refractivity contribution is 5.27. The predicted octanol–water partition coefficient (Wildman–Crippen LogP) is 2.02. The molecule has 1 fully saturated rings. The highest BCUT2D eigenvalue weighted by atomic mass is 16.5. The monoisotopic (exact) mass is 236 g/mol. The van der Waals surface area contributed by atoms with Crippen molar-refractivity contribution in [1.82, 2.24) is 0 Å². The summed E-state index contributed by atoms with van der Waals surface area (Å²) in [5.41, 5.74) is 1.19. The van der Waals surface area contributed by atoms with Crippen LogP contribution in [0, 0.1) is 18.8 Å². The van der Waals surface area contributed by atoms with E-state index in [-0.39, 0.29) is 12.5 Å². The minimum Gasteiger partial charge on any atom is -0.493 e. The molecule has 2 atom stereocenters. The molecule has 0 aromatic heterocycles. The van der Waals surface area contributed by atoms with Crippen LogP contribution in [0.4, 0.5) is 0 Å². The Morgan fingerprint density at radius 1 is 1.53 bits per heavy atom. The largest absolute Gasteiger partial charge is 0.493 e.